The van der Waals surface area contributed by atoms with Crippen molar-refractivity contribution in [2.45, 2.75) is 11.8 Å². The first-order chi connectivity index (χ1) is 18.5. The summed E-state index contributed by atoms with van der Waals surface area (Å²) in [5.41, 5.74) is 3.58. The number of amides is 3. The molecule has 0 aliphatic rings. The van der Waals surface area contributed by atoms with Crippen molar-refractivity contribution < 1.29 is 14.4 Å². The molecular weight excluding hydrogens is 496 g/mol. The lowest BCUT2D eigenvalue weighted by atomic mass is 10.2. The molecule has 190 valence electrons. The van der Waals surface area contributed by atoms with Gasteiger partial charge in [-0.1, -0.05) is 36.4 Å². The number of anilines is 2. The number of nitrogens with one attached hydrogen (secondary N) is 3. The van der Waals surface area contributed by atoms with Crippen LogP contribution in [0.25, 0.3) is 6.08 Å². The van der Waals surface area contributed by atoms with Gasteiger partial charge in [-0.3, -0.25) is 19.4 Å². The molecule has 1 aromatic heterocycles. The maximum Gasteiger partial charge on any atom is 0.272 e. The molecule has 0 aliphatic heterocycles. The van der Waals surface area contributed by atoms with E-state index in [4.69, 9.17) is 0 Å². The molecule has 4 aromatic rings. The van der Waals surface area contributed by atoms with Crippen LogP contribution in [-0.2, 0) is 9.59 Å². The average molecular weight is 523 g/mol. The molecule has 0 bridgehead atoms. The number of thioether (sulfide) groups is 1. The van der Waals surface area contributed by atoms with Crippen LogP contribution in [0.3, 0.4) is 0 Å². The lowest BCUT2D eigenvalue weighted by molar-refractivity contribution is -0.114. The van der Waals surface area contributed by atoms with E-state index in [1.54, 1.807) is 67.0 Å². The van der Waals surface area contributed by atoms with Gasteiger partial charge in [0.2, 0.25) is 5.91 Å². The lowest BCUT2D eigenvalue weighted by Gasteiger charge is -2.12. The van der Waals surface area contributed by atoms with Crippen molar-refractivity contribution in [3.05, 3.63) is 126 Å². The Labute approximate surface area is 225 Å². The third kappa shape index (κ3) is 7.91. The van der Waals surface area contributed by atoms with E-state index in [0.717, 1.165) is 16.1 Å². The largest absolute Gasteiger partial charge is 0.325 e. The fourth-order valence-electron chi connectivity index (χ4n) is 3.47. The summed E-state index contributed by atoms with van der Waals surface area (Å²) in [7, 11) is 0. The summed E-state index contributed by atoms with van der Waals surface area (Å²) in [5, 5.41) is 8.41. The highest BCUT2D eigenvalue weighted by Crippen LogP contribution is 2.21. The molecular formula is C30H26N4O3S. The second kappa shape index (κ2) is 13.0. The Balaban J connectivity index is 1.38. The van der Waals surface area contributed by atoms with E-state index in [0.29, 0.717) is 16.8 Å². The van der Waals surface area contributed by atoms with E-state index < -0.39 is 11.8 Å². The maximum atomic E-state index is 13.1. The van der Waals surface area contributed by atoms with Crippen molar-refractivity contribution >= 4 is 46.9 Å². The van der Waals surface area contributed by atoms with Gasteiger partial charge in [0.1, 0.15) is 5.70 Å². The summed E-state index contributed by atoms with van der Waals surface area (Å²) >= 11 is 1.39. The number of carbonyl (C=O) groups excluding carboxylic acids is 3. The molecule has 0 fully saturated rings. The third-order valence-electron chi connectivity index (χ3n) is 5.31. The molecule has 3 aromatic carbocycles. The average Bonchev–Trinajstić information content (AvgIpc) is 2.93. The van der Waals surface area contributed by atoms with Gasteiger partial charge >= 0.3 is 0 Å². The molecule has 3 N–H and O–H groups in total. The van der Waals surface area contributed by atoms with Crippen molar-refractivity contribution in [3.63, 3.8) is 0 Å². The van der Waals surface area contributed by atoms with E-state index in [-0.39, 0.29) is 17.4 Å². The summed E-state index contributed by atoms with van der Waals surface area (Å²) in [6.45, 7) is 1.97. The fourth-order valence-corrected chi connectivity index (χ4v) is 4.17. The monoisotopic (exact) mass is 522 g/mol. The molecule has 0 unspecified atom stereocenters. The zero-order valence-electron chi connectivity index (χ0n) is 20.7. The van der Waals surface area contributed by atoms with Gasteiger partial charge in [-0.05, 0) is 78.7 Å². The standard InChI is InChI=1S/C30H26N4O3S/c1-21-7-5-11-25(17-21)32-28(35)20-38-26-14-12-24(13-15-26)33-30(37)27(18-22-8-6-16-31-19-22)34-29(36)23-9-3-2-4-10-23/h2-19H,20H2,1H3,(H,32,35)(H,33,37)(H,34,36)/b27-18-. The summed E-state index contributed by atoms with van der Waals surface area (Å²) in [6.07, 6.45) is 4.80. The van der Waals surface area contributed by atoms with Crippen molar-refractivity contribution in [2.75, 3.05) is 16.4 Å². The van der Waals surface area contributed by atoms with Crippen molar-refractivity contribution in [1.82, 2.24) is 10.3 Å². The number of rotatable bonds is 9. The van der Waals surface area contributed by atoms with Crippen LogP contribution >= 0.6 is 11.8 Å². The van der Waals surface area contributed by atoms with Crippen molar-refractivity contribution in [1.29, 1.82) is 0 Å². The lowest BCUT2D eigenvalue weighted by Crippen LogP contribution is -2.30. The van der Waals surface area contributed by atoms with Gasteiger partial charge in [0.25, 0.3) is 11.8 Å². The Kier molecular flexibility index (Phi) is 9.04. The number of pyridine rings is 1. The third-order valence-corrected chi connectivity index (χ3v) is 6.32. The number of hydrogen-bond donors (Lipinski definition) is 3. The number of carbonyl (C=O) groups is 3. The molecule has 0 radical (unpaired) electrons. The smallest absolute Gasteiger partial charge is 0.272 e. The maximum absolute atomic E-state index is 13.1. The van der Waals surface area contributed by atoms with Gasteiger partial charge in [0, 0.05) is 34.2 Å². The van der Waals surface area contributed by atoms with Crippen LogP contribution in [0.4, 0.5) is 11.4 Å². The topological polar surface area (TPSA) is 100 Å². The van der Waals surface area contributed by atoms with Gasteiger partial charge in [-0.2, -0.15) is 0 Å². The predicted molar refractivity (Wildman–Crippen MR) is 152 cm³/mol. The van der Waals surface area contributed by atoms with E-state index in [1.807, 2.05) is 49.4 Å². The fraction of sp³-hybridized carbons (Fsp3) is 0.0667. The SMILES string of the molecule is Cc1cccc(NC(=O)CSc2ccc(NC(=O)/C(=C/c3cccnc3)NC(=O)c3ccccc3)cc2)c1. The van der Waals surface area contributed by atoms with Crippen LogP contribution in [0.2, 0.25) is 0 Å². The number of aryl methyl sites for hydroxylation is 1. The van der Waals surface area contributed by atoms with Crippen LogP contribution in [0.5, 0.6) is 0 Å². The van der Waals surface area contributed by atoms with Gasteiger partial charge in [-0.15, -0.1) is 11.8 Å². The Morgan fingerprint density at radius 1 is 0.842 bits per heavy atom. The molecule has 8 heteroatoms. The van der Waals surface area contributed by atoms with Crippen LogP contribution < -0.4 is 16.0 Å². The van der Waals surface area contributed by atoms with E-state index in [1.165, 1.54) is 11.8 Å². The van der Waals surface area contributed by atoms with E-state index in [9.17, 15) is 14.4 Å². The zero-order valence-corrected chi connectivity index (χ0v) is 21.5. The highest BCUT2D eigenvalue weighted by atomic mass is 32.2. The first-order valence-electron chi connectivity index (χ1n) is 11.8. The van der Waals surface area contributed by atoms with Crippen LogP contribution in [0.15, 0.2) is 114 Å². The first kappa shape index (κ1) is 26.4. The molecule has 3 amide bonds. The Morgan fingerprint density at radius 2 is 1.63 bits per heavy atom. The number of aromatic nitrogens is 1. The Morgan fingerprint density at radius 3 is 2.34 bits per heavy atom. The van der Waals surface area contributed by atoms with Crippen molar-refractivity contribution in [3.8, 4) is 0 Å². The van der Waals surface area contributed by atoms with Gasteiger partial charge in [-0.25, -0.2) is 0 Å². The summed E-state index contributed by atoms with van der Waals surface area (Å²) in [6, 6.07) is 27.0. The second-order valence-corrected chi connectivity index (χ2v) is 9.40. The van der Waals surface area contributed by atoms with Gasteiger partial charge in [0.15, 0.2) is 0 Å². The molecule has 38 heavy (non-hydrogen) atoms. The highest BCUT2D eigenvalue weighted by molar-refractivity contribution is 8.00. The summed E-state index contributed by atoms with van der Waals surface area (Å²) < 4.78 is 0. The molecule has 4 rings (SSSR count). The minimum Gasteiger partial charge on any atom is -0.325 e. The van der Waals surface area contributed by atoms with Crippen molar-refractivity contribution in [2.24, 2.45) is 0 Å². The minimum atomic E-state index is -0.476. The van der Waals surface area contributed by atoms with E-state index >= 15 is 0 Å². The highest BCUT2D eigenvalue weighted by Gasteiger charge is 2.15. The number of benzene rings is 3. The summed E-state index contributed by atoms with van der Waals surface area (Å²) in [5.74, 6) is -0.719. The molecule has 0 spiro atoms. The van der Waals surface area contributed by atoms with Crippen LogP contribution in [0.1, 0.15) is 21.5 Å². The van der Waals surface area contributed by atoms with Gasteiger partial charge < -0.3 is 16.0 Å². The first-order valence-corrected chi connectivity index (χ1v) is 12.8. The second-order valence-electron chi connectivity index (χ2n) is 8.35. The number of hydrogen-bond acceptors (Lipinski definition) is 5. The van der Waals surface area contributed by atoms with E-state index in [2.05, 4.69) is 20.9 Å². The zero-order chi connectivity index (χ0) is 26.7. The predicted octanol–water partition coefficient (Wildman–Crippen LogP) is 5.53. The normalized spacial score (nSPS) is 10.9. The summed E-state index contributed by atoms with van der Waals surface area (Å²) in [4.78, 5) is 43.1. The molecule has 0 atom stereocenters. The molecule has 7 nitrogen and oxygen atoms in total. The number of nitrogens with zero attached hydrogens (tertiary/aromatic N) is 1. The minimum absolute atomic E-state index is 0.0816. The van der Waals surface area contributed by atoms with Gasteiger partial charge in [0.05, 0.1) is 5.75 Å². The van der Waals surface area contributed by atoms with Crippen LogP contribution in [0, 0.1) is 6.92 Å². The molecule has 1 heterocycles. The molecule has 0 aliphatic carbocycles. The Bertz CT molecular complexity index is 1440. The molecule has 0 saturated heterocycles. The van der Waals surface area contributed by atoms with Crippen LogP contribution in [-0.4, -0.2) is 28.5 Å². The molecule has 0 saturated carbocycles. The quantitative estimate of drug-likeness (QED) is 0.198. The Hall–Kier alpha value is -4.69.